The summed E-state index contributed by atoms with van der Waals surface area (Å²) in [6, 6.07) is 16.2. The summed E-state index contributed by atoms with van der Waals surface area (Å²) in [6.07, 6.45) is 1.73. The monoisotopic (exact) mass is 414 g/mol. The maximum atomic E-state index is 5.92. The van der Waals surface area contributed by atoms with Crippen LogP contribution in [0.1, 0.15) is 17.5 Å². The van der Waals surface area contributed by atoms with E-state index in [2.05, 4.69) is 43.3 Å². The number of benzene rings is 2. The van der Waals surface area contributed by atoms with E-state index >= 15 is 0 Å². The van der Waals surface area contributed by atoms with E-state index in [4.69, 9.17) is 9.47 Å². The minimum absolute atomic E-state index is 0.223. The zero-order valence-electron chi connectivity index (χ0n) is 14.4. The molecule has 2 aromatic carbocycles. The Labute approximate surface area is 160 Å². The van der Waals surface area contributed by atoms with E-state index in [1.807, 2.05) is 47.3 Å². The predicted octanol–water partition coefficient (Wildman–Crippen LogP) is 3.63. The Hall–Kier alpha value is -2.38. The van der Waals surface area contributed by atoms with Gasteiger partial charge in [-0.15, -0.1) is 5.10 Å². The fourth-order valence-corrected chi connectivity index (χ4v) is 3.53. The second-order valence-electron chi connectivity index (χ2n) is 6.09. The van der Waals surface area contributed by atoms with Crippen molar-refractivity contribution < 1.29 is 9.47 Å². The van der Waals surface area contributed by atoms with Gasteiger partial charge in [0.15, 0.2) is 6.23 Å². The van der Waals surface area contributed by atoms with Crippen LogP contribution in [0.25, 0.3) is 0 Å². The number of nitrogens with zero attached hydrogens (tertiary/aromatic N) is 4. The van der Waals surface area contributed by atoms with E-state index < -0.39 is 0 Å². The molecule has 0 bridgehead atoms. The minimum atomic E-state index is -0.223. The van der Waals surface area contributed by atoms with Gasteiger partial charge in [0.1, 0.15) is 11.4 Å². The van der Waals surface area contributed by atoms with Crippen LogP contribution in [0.4, 0.5) is 5.69 Å². The lowest BCUT2D eigenvalue weighted by Gasteiger charge is -2.23. The average Bonchev–Trinajstić information content (AvgIpc) is 3.31. The molecule has 1 aliphatic heterocycles. The largest absolute Gasteiger partial charge is 0.497 e. The van der Waals surface area contributed by atoms with Crippen LogP contribution in [0.3, 0.4) is 0 Å². The minimum Gasteiger partial charge on any atom is -0.497 e. The molecule has 7 heteroatoms. The molecule has 3 aromatic rings. The normalized spacial score (nSPS) is 16.8. The number of anilines is 1. The van der Waals surface area contributed by atoms with Gasteiger partial charge in [0.05, 0.1) is 26.5 Å². The fourth-order valence-electron chi connectivity index (χ4n) is 3.08. The number of ether oxygens (including phenoxy) is 2. The van der Waals surface area contributed by atoms with Crippen LogP contribution >= 0.6 is 15.9 Å². The van der Waals surface area contributed by atoms with Crippen LogP contribution in [0.15, 0.2) is 59.2 Å². The molecular weight excluding hydrogens is 396 g/mol. The molecule has 134 valence electrons. The fraction of sp³-hybridized carbons (Fsp3) is 0.263. The van der Waals surface area contributed by atoms with Gasteiger partial charge >= 0.3 is 0 Å². The van der Waals surface area contributed by atoms with E-state index in [1.54, 1.807) is 7.11 Å². The molecule has 1 saturated heterocycles. The first-order chi connectivity index (χ1) is 12.7. The van der Waals surface area contributed by atoms with Crippen molar-refractivity contribution in [2.45, 2.75) is 12.8 Å². The number of aromatic nitrogens is 3. The molecule has 26 heavy (non-hydrogen) atoms. The Bertz CT molecular complexity index is 881. The third-order valence-corrected chi connectivity index (χ3v) is 4.83. The van der Waals surface area contributed by atoms with Crippen LogP contribution < -0.4 is 9.64 Å². The van der Waals surface area contributed by atoms with Crippen LogP contribution in [-0.4, -0.2) is 35.3 Å². The lowest BCUT2D eigenvalue weighted by Crippen LogP contribution is -2.23. The highest BCUT2D eigenvalue weighted by molar-refractivity contribution is 9.10. The Morgan fingerprint density at radius 1 is 1.23 bits per heavy atom. The molecule has 4 rings (SSSR count). The molecule has 0 amide bonds. The van der Waals surface area contributed by atoms with Crippen molar-refractivity contribution in [1.82, 2.24) is 15.0 Å². The van der Waals surface area contributed by atoms with Gasteiger partial charge in [-0.05, 0) is 42.0 Å². The number of rotatable bonds is 5. The van der Waals surface area contributed by atoms with Crippen molar-refractivity contribution in [2.75, 3.05) is 25.2 Å². The lowest BCUT2D eigenvalue weighted by atomic mass is 10.2. The summed E-state index contributed by atoms with van der Waals surface area (Å²) in [7, 11) is 1.67. The van der Waals surface area contributed by atoms with Gasteiger partial charge in [-0.2, -0.15) is 0 Å². The second kappa shape index (κ2) is 7.47. The number of halogens is 1. The molecule has 0 saturated carbocycles. The van der Waals surface area contributed by atoms with Crippen molar-refractivity contribution in [1.29, 1.82) is 0 Å². The molecule has 1 atom stereocenters. The van der Waals surface area contributed by atoms with E-state index in [9.17, 15) is 0 Å². The Kier molecular flexibility index (Phi) is 4.90. The van der Waals surface area contributed by atoms with Gasteiger partial charge in [-0.3, -0.25) is 0 Å². The zero-order valence-corrected chi connectivity index (χ0v) is 16.0. The second-order valence-corrected chi connectivity index (χ2v) is 7.00. The van der Waals surface area contributed by atoms with Crippen LogP contribution in [0, 0.1) is 0 Å². The van der Waals surface area contributed by atoms with Gasteiger partial charge < -0.3 is 14.4 Å². The van der Waals surface area contributed by atoms with Crippen LogP contribution in [-0.2, 0) is 11.3 Å². The van der Waals surface area contributed by atoms with E-state index in [1.165, 1.54) is 0 Å². The van der Waals surface area contributed by atoms with E-state index in [0.717, 1.165) is 33.7 Å². The van der Waals surface area contributed by atoms with Crippen molar-refractivity contribution in [3.8, 4) is 5.75 Å². The highest BCUT2D eigenvalue weighted by atomic mass is 79.9. The highest BCUT2D eigenvalue weighted by Gasteiger charge is 2.29. The summed E-state index contributed by atoms with van der Waals surface area (Å²) in [5.74, 6) is 0.838. The maximum Gasteiger partial charge on any atom is 0.177 e. The van der Waals surface area contributed by atoms with Crippen molar-refractivity contribution in [3.63, 3.8) is 0 Å². The average molecular weight is 415 g/mol. The van der Waals surface area contributed by atoms with E-state index in [-0.39, 0.29) is 6.23 Å². The van der Waals surface area contributed by atoms with Gasteiger partial charge in [0, 0.05) is 16.7 Å². The quantitative estimate of drug-likeness (QED) is 0.637. The smallest absolute Gasteiger partial charge is 0.177 e. The first kappa shape index (κ1) is 17.1. The standard InChI is InChI=1S/C19H19BrN4O2/c1-25-17-7-5-16(6-8-17)24-9-10-26-19(24)18-13-23(22-21-18)12-14-3-2-4-15(20)11-14/h2-8,11,13,19H,9-10,12H2,1H3/t19-/m0/s1. The summed E-state index contributed by atoms with van der Waals surface area (Å²) < 4.78 is 14.0. The Balaban J connectivity index is 1.52. The molecule has 0 unspecified atom stereocenters. The summed E-state index contributed by atoms with van der Waals surface area (Å²) in [5, 5.41) is 8.60. The molecule has 0 spiro atoms. The number of methoxy groups -OCH3 is 1. The maximum absolute atomic E-state index is 5.92. The third kappa shape index (κ3) is 3.59. The van der Waals surface area contributed by atoms with Crippen LogP contribution in [0.5, 0.6) is 5.75 Å². The highest BCUT2D eigenvalue weighted by Crippen LogP contribution is 2.32. The van der Waals surface area contributed by atoms with Gasteiger partial charge in [-0.1, -0.05) is 33.3 Å². The lowest BCUT2D eigenvalue weighted by molar-refractivity contribution is 0.110. The van der Waals surface area contributed by atoms with Crippen LogP contribution in [0.2, 0.25) is 0 Å². The Morgan fingerprint density at radius 3 is 2.85 bits per heavy atom. The molecule has 0 N–H and O–H groups in total. The molecular formula is C19H19BrN4O2. The Morgan fingerprint density at radius 2 is 2.08 bits per heavy atom. The predicted molar refractivity (Wildman–Crippen MR) is 102 cm³/mol. The van der Waals surface area contributed by atoms with Gasteiger partial charge in [0.25, 0.3) is 0 Å². The number of hydrogen-bond acceptors (Lipinski definition) is 5. The summed E-state index contributed by atoms with van der Waals surface area (Å²) in [5.41, 5.74) is 3.05. The molecule has 0 radical (unpaired) electrons. The van der Waals surface area contributed by atoms with Crippen molar-refractivity contribution >= 4 is 21.6 Å². The molecule has 1 fully saturated rings. The zero-order chi connectivity index (χ0) is 17.9. The first-order valence-corrected chi connectivity index (χ1v) is 9.19. The topological polar surface area (TPSA) is 52.4 Å². The van der Waals surface area contributed by atoms with E-state index in [0.29, 0.717) is 13.2 Å². The molecule has 0 aliphatic carbocycles. The third-order valence-electron chi connectivity index (χ3n) is 4.34. The molecule has 6 nitrogen and oxygen atoms in total. The molecule has 1 aliphatic rings. The summed E-state index contributed by atoms with van der Waals surface area (Å²) >= 11 is 3.50. The van der Waals surface area contributed by atoms with Gasteiger partial charge in [0.2, 0.25) is 0 Å². The van der Waals surface area contributed by atoms with Crippen molar-refractivity contribution in [3.05, 3.63) is 70.5 Å². The first-order valence-electron chi connectivity index (χ1n) is 8.40. The van der Waals surface area contributed by atoms with Gasteiger partial charge in [-0.25, -0.2) is 4.68 Å². The summed E-state index contributed by atoms with van der Waals surface area (Å²) in [6.45, 7) is 2.15. The SMILES string of the molecule is COc1ccc(N2CCO[C@H]2c2cn(Cc3cccc(Br)c3)nn2)cc1. The molecule has 1 aromatic heterocycles. The van der Waals surface area contributed by atoms with Crippen molar-refractivity contribution in [2.24, 2.45) is 0 Å². The number of hydrogen-bond donors (Lipinski definition) is 0. The summed E-state index contributed by atoms with van der Waals surface area (Å²) in [4.78, 5) is 2.19. The molecule has 2 heterocycles.